The summed E-state index contributed by atoms with van der Waals surface area (Å²) in [5, 5.41) is 13.7. The molecule has 0 saturated carbocycles. The Balaban J connectivity index is 1.65. The third-order valence-corrected chi connectivity index (χ3v) is 3.99. The first kappa shape index (κ1) is 19.8. The van der Waals surface area contributed by atoms with E-state index in [2.05, 4.69) is 5.32 Å². The van der Waals surface area contributed by atoms with Gasteiger partial charge in [0.05, 0.1) is 23.1 Å². The van der Waals surface area contributed by atoms with Crippen molar-refractivity contribution in [3.63, 3.8) is 0 Å². The Bertz CT molecular complexity index is 1010. The molecule has 0 saturated heterocycles. The average Bonchev–Trinajstić information content (AvgIpc) is 3.12. The molecule has 10 heteroatoms. The molecule has 1 N–H and O–H groups in total. The number of ether oxygens (including phenoxy) is 2. The van der Waals surface area contributed by atoms with E-state index in [9.17, 15) is 24.1 Å². The number of benzene rings is 2. The molecule has 1 aliphatic heterocycles. The van der Waals surface area contributed by atoms with Crippen molar-refractivity contribution in [3.8, 4) is 11.5 Å². The van der Waals surface area contributed by atoms with Gasteiger partial charge in [-0.25, -0.2) is 4.39 Å². The summed E-state index contributed by atoms with van der Waals surface area (Å²) in [5.41, 5.74) is 0.178. The highest BCUT2D eigenvalue weighted by atomic mass is 19.1. The molecule has 2 aromatic rings. The van der Waals surface area contributed by atoms with Gasteiger partial charge in [0.2, 0.25) is 18.6 Å². The van der Waals surface area contributed by atoms with E-state index in [1.807, 2.05) is 0 Å². The number of hydrogen-bond donors (Lipinski definition) is 1. The van der Waals surface area contributed by atoms with Gasteiger partial charge in [0.25, 0.3) is 5.69 Å². The number of anilines is 1. The van der Waals surface area contributed by atoms with E-state index in [-0.39, 0.29) is 36.0 Å². The number of amides is 2. The molecule has 0 bridgehead atoms. The molecule has 0 atom stereocenters. The summed E-state index contributed by atoms with van der Waals surface area (Å²) in [6.07, 6.45) is 2.38. The minimum Gasteiger partial charge on any atom is -0.454 e. The molecule has 29 heavy (non-hydrogen) atoms. The van der Waals surface area contributed by atoms with Gasteiger partial charge in [0.15, 0.2) is 11.5 Å². The van der Waals surface area contributed by atoms with Crippen LogP contribution in [-0.2, 0) is 9.59 Å². The molecule has 0 aromatic heterocycles. The van der Waals surface area contributed by atoms with E-state index in [0.717, 1.165) is 17.0 Å². The Labute approximate surface area is 164 Å². The third kappa shape index (κ3) is 4.86. The number of rotatable bonds is 6. The van der Waals surface area contributed by atoms with Crippen LogP contribution in [0.3, 0.4) is 0 Å². The van der Waals surface area contributed by atoms with Gasteiger partial charge in [-0.05, 0) is 30.3 Å². The molecule has 0 aliphatic carbocycles. The van der Waals surface area contributed by atoms with Gasteiger partial charge in [0, 0.05) is 18.8 Å². The van der Waals surface area contributed by atoms with Crippen molar-refractivity contribution in [1.82, 2.24) is 4.90 Å². The zero-order valence-corrected chi connectivity index (χ0v) is 15.3. The standard InChI is InChI=1S/C19H16FN3O6/c1-22(10-18(24)21-14-4-2-3-13(20)8-14)19(25)6-5-12-7-16-17(29-11-28-16)9-15(12)23(26)27/h2-9H,10-11H2,1H3,(H,21,24)/b6-5+. The first-order valence-corrected chi connectivity index (χ1v) is 8.40. The maximum Gasteiger partial charge on any atom is 0.280 e. The van der Waals surface area contributed by atoms with Crippen LogP contribution < -0.4 is 14.8 Å². The fourth-order valence-corrected chi connectivity index (χ4v) is 2.59. The zero-order valence-electron chi connectivity index (χ0n) is 15.3. The van der Waals surface area contributed by atoms with Crippen LogP contribution in [0, 0.1) is 15.9 Å². The molecule has 150 valence electrons. The molecule has 0 unspecified atom stereocenters. The second-order valence-electron chi connectivity index (χ2n) is 6.11. The fourth-order valence-electron chi connectivity index (χ4n) is 2.59. The molecule has 0 spiro atoms. The van der Waals surface area contributed by atoms with Crippen molar-refractivity contribution in [3.05, 3.63) is 64.0 Å². The smallest absolute Gasteiger partial charge is 0.280 e. The maximum atomic E-state index is 13.2. The minimum absolute atomic E-state index is 0.0399. The van der Waals surface area contributed by atoms with Crippen LogP contribution in [0.1, 0.15) is 5.56 Å². The van der Waals surface area contributed by atoms with Crippen molar-refractivity contribution < 1.29 is 28.4 Å². The first-order valence-electron chi connectivity index (χ1n) is 8.40. The average molecular weight is 401 g/mol. The molecule has 2 aromatic carbocycles. The Kier molecular flexibility index (Phi) is 5.72. The van der Waals surface area contributed by atoms with Gasteiger partial charge in [-0.2, -0.15) is 0 Å². The highest BCUT2D eigenvalue weighted by Gasteiger charge is 2.22. The van der Waals surface area contributed by atoms with Crippen molar-refractivity contribution >= 4 is 29.3 Å². The van der Waals surface area contributed by atoms with Gasteiger partial charge < -0.3 is 19.7 Å². The molecule has 3 rings (SSSR count). The Morgan fingerprint density at radius 3 is 2.69 bits per heavy atom. The van der Waals surface area contributed by atoms with Crippen LogP contribution in [0.5, 0.6) is 11.5 Å². The number of nitro groups is 1. The monoisotopic (exact) mass is 401 g/mol. The lowest BCUT2D eigenvalue weighted by Gasteiger charge is -2.14. The molecule has 9 nitrogen and oxygen atoms in total. The molecule has 0 radical (unpaired) electrons. The summed E-state index contributed by atoms with van der Waals surface area (Å²) in [6, 6.07) is 7.98. The summed E-state index contributed by atoms with van der Waals surface area (Å²) >= 11 is 0. The van der Waals surface area contributed by atoms with Crippen LogP contribution in [0.4, 0.5) is 15.8 Å². The minimum atomic E-state index is -0.595. The molecule has 1 heterocycles. The lowest BCUT2D eigenvalue weighted by atomic mass is 10.1. The van der Waals surface area contributed by atoms with E-state index in [0.29, 0.717) is 5.75 Å². The van der Waals surface area contributed by atoms with E-state index in [1.54, 1.807) is 0 Å². The molecule has 1 aliphatic rings. The Morgan fingerprint density at radius 2 is 2.00 bits per heavy atom. The lowest BCUT2D eigenvalue weighted by Crippen LogP contribution is -2.33. The highest BCUT2D eigenvalue weighted by molar-refractivity contribution is 5.98. The normalized spacial score (nSPS) is 12.1. The van der Waals surface area contributed by atoms with Crippen molar-refractivity contribution in [2.75, 3.05) is 25.7 Å². The number of nitro benzene ring substituents is 1. The van der Waals surface area contributed by atoms with Crippen LogP contribution in [0.25, 0.3) is 6.08 Å². The van der Waals surface area contributed by atoms with Crippen molar-refractivity contribution in [2.24, 2.45) is 0 Å². The number of carbonyl (C=O) groups is 2. The van der Waals surface area contributed by atoms with Crippen molar-refractivity contribution in [1.29, 1.82) is 0 Å². The van der Waals surface area contributed by atoms with Gasteiger partial charge >= 0.3 is 0 Å². The van der Waals surface area contributed by atoms with E-state index in [1.165, 1.54) is 43.5 Å². The number of nitrogens with one attached hydrogen (secondary N) is 1. The molecular weight excluding hydrogens is 385 g/mol. The number of nitrogens with zero attached hydrogens (tertiary/aromatic N) is 2. The van der Waals surface area contributed by atoms with E-state index < -0.39 is 22.6 Å². The summed E-state index contributed by atoms with van der Waals surface area (Å²) in [6.45, 7) is -0.329. The predicted octanol–water partition coefficient (Wildman–Crippen LogP) is 2.57. The zero-order chi connectivity index (χ0) is 21.0. The Hall–Kier alpha value is -3.95. The molecule has 0 fully saturated rings. The number of likely N-dealkylation sites (N-methyl/N-ethyl adjacent to an activating group) is 1. The highest BCUT2D eigenvalue weighted by Crippen LogP contribution is 2.38. The SMILES string of the molecule is CN(CC(=O)Nc1cccc(F)c1)C(=O)/C=C/c1cc2c(cc1[N+](=O)[O-])OCO2. The van der Waals surface area contributed by atoms with Gasteiger partial charge in [0.1, 0.15) is 5.82 Å². The quantitative estimate of drug-likeness (QED) is 0.452. The largest absolute Gasteiger partial charge is 0.454 e. The van der Waals surface area contributed by atoms with E-state index in [4.69, 9.17) is 9.47 Å². The number of fused-ring (bicyclic) bond motifs is 1. The Morgan fingerprint density at radius 1 is 1.28 bits per heavy atom. The summed E-state index contributed by atoms with van der Waals surface area (Å²) in [7, 11) is 1.39. The summed E-state index contributed by atoms with van der Waals surface area (Å²) < 4.78 is 23.5. The second kappa shape index (κ2) is 8.38. The van der Waals surface area contributed by atoms with E-state index >= 15 is 0 Å². The number of halogens is 1. The molecule has 2 amide bonds. The van der Waals surface area contributed by atoms with Gasteiger partial charge in [-0.15, -0.1) is 0 Å². The predicted molar refractivity (Wildman–Crippen MR) is 101 cm³/mol. The van der Waals surface area contributed by atoms with Gasteiger partial charge in [-0.1, -0.05) is 6.07 Å². The maximum absolute atomic E-state index is 13.2. The number of carbonyl (C=O) groups excluding carboxylic acids is 2. The summed E-state index contributed by atoms with van der Waals surface area (Å²) in [5.74, 6) is -0.974. The van der Waals surface area contributed by atoms with Crippen molar-refractivity contribution in [2.45, 2.75) is 0 Å². The van der Waals surface area contributed by atoms with Gasteiger partial charge in [-0.3, -0.25) is 19.7 Å². The summed E-state index contributed by atoms with van der Waals surface area (Å²) in [4.78, 5) is 36.0. The number of hydrogen-bond acceptors (Lipinski definition) is 6. The van der Waals surface area contributed by atoms with Crippen LogP contribution in [0.2, 0.25) is 0 Å². The fraction of sp³-hybridized carbons (Fsp3) is 0.158. The first-order chi connectivity index (χ1) is 13.8. The molecular formula is C19H16FN3O6. The third-order valence-electron chi connectivity index (χ3n) is 3.99. The second-order valence-corrected chi connectivity index (χ2v) is 6.11. The topological polar surface area (TPSA) is 111 Å². The van der Waals surface area contributed by atoms with Crippen LogP contribution in [-0.4, -0.2) is 42.0 Å². The lowest BCUT2D eigenvalue weighted by molar-refractivity contribution is -0.385. The van der Waals surface area contributed by atoms with Crippen LogP contribution in [0.15, 0.2) is 42.5 Å². The van der Waals surface area contributed by atoms with Crippen LogP contribution >= 0.6 is 0 Å².